The fourth-order valence-electron chi connectivity index (χ4n) is 2.77. The quantitative estimate of drug-likeness (QED) is 0.879. The molecule has 1 atom stereocenters. The highest BCUT2D eigenvalue weighted by Gasteiger charge is 2.17. The maximum atomic E-state index is 11.7. The van der Waals surface area contributed by atoms with Crippen LogP contribution in [0.5, 0.6) is 0 Å². The average Bonchev–Trinajstić information content (AvgIpc) is 2.94. The normalized spacial score (nSPS) is 18.5. The molecule has 3 rings (SSSR count). The molecule has 0 saturated carbocycles. The summed E-state index contributed by atoms with van der Waals surface area (Å²) < 4.78 is 10.9. The van der Waals surface area contributed by atoms with E-state index in [0.717, 1.165) is 49.1 Å². The second kappa shape index (κ2) is 6.18. The minimum Gasteiger partial charge on any atom is -0.423 e. The first-order valence-electron chi connectivity index (χ1n) is 7.29. The topological polar surface area (TPSA) is 56.0 Å². The molecule has 0 aliphatic carbocycles. The van der Waals surface area contributed by atoms with Crippen molar-refractivity contribution in [1.29, 1.82) is 0 Å². The lowest BCUT2D eigenvalue weighted by Gasteiger charge is -2.09. The van der Waals surface area contributed by atoms with Crippen molar-refractivity contribution < 1.29 is 14.5 Å². The lowest BCUT2D eigenvalue weighted by atomic mass is 10.1. The second-order valence-electron chi connectivity index (χ2n) is 5.55. The first kappa shape index (κ1) is 14.6. The Morgan fingerprint density at radius 3 is 3.00 bits per heavy atom. The molecular formula is C16H19ClNO3+. The van der Waals surface area contributed by atoms with Gasteiger partial charge in [0.2, 0.25) is 0 Å². The third-order valence-electron chi connectivity index (χ3n) is 3.93. The van der Waals surface area contributed by atoms with Crippen LogP contribution in [0.2, 0.25) is 5.02 Å². The Labute approximate surface area is 128 Å². The van der Waals surface area contributed by atoms with E-state index in [4.69, 9.17) is 20.8 Å². The summed E-state index contributed by atoms with van der Waals surface area (Å²) in [5, 5.41) is 3.78. The summed E-state index contributed by atoms with van der Waals surface area (Å²) >= 11 is 6.19. The largest absolute Gasteiger partial charge is 0.423 e. The number of nitrogens with two attached hydrogens (primary N) is 1. The fourth-order valence-corrected chi connectivity index (χ4v) is 2.94. The molecule has 1 aromatic carbocycles. The summed E-state index contributed by atoms with van der Waals surface area (Å²) in [6.07, 6.45) is 2.60. The van der Waals surface area contributed by atoms with Gasteiger partial charge in [0.05, 0.1) is 0 Å². The third-order valence-corrected chi connectivity index (χ3v) is 4.33. The zero-order chi connectivity index (χ0) is 14.8. The Morgan fingerprint density at radius 2 is 2.24 bits per heavy atom. The Hall–Kier alpha value is -1.36. The van der Waals surface area contributed by atoms with Crippen LogP contribution < -0.4 is 10.9 Å². The Bertz CT molecular complexity index is 704. The van der Waals surface area contributed by atoms with Crippen LogP contribution in [0.4, 0.5) is 0 Å². The first-order chi connectivity index (χ1) is 10.1. The molecule has 0 amide bonds. The molecule has 1 aromatic heterocycles. The van der Waals surface area contributed by atoms with Crippen LogP contribution in [-0.4, -0.2) is 19.3 Å². The number of aryl methyl sites for hydroxylation is 1. The number of ether oxygens (including phenoxy) is 1. The van der Waals surface area contributed by atoms with Gasteiger partial charge in [0.25, 0.3) is 0 Å². The van der Waals surface area contributed by atoms with Crippen molar-refractivity contribution in [2.45, 2.75) is 32.4 Å². The molecule has 0 unspecified atom stereocenters. The van der Waals surface area contributed by atoms with Gasteiger partial charge in [0.1, 0.15) is 24.8 Å². The van der Waals surface area contributed by atoms with Gasteiger partial charge in [-0.2, -0.15) is 0 Å². The predicted octanol–water partition coefficient (Wildman–Crippen LogP) is 2.00. The van der Waals surface area contributed by atoms with Crippen molar-refractivity contribution in [3.63, 3.8) is 0 Å². The number of quaternary nitrogens is 1. The van der Waals surface area contributed by atoms with Gasteiger partial charge in [0, 0.05) is 28.6 Å². The number of benzene rings is 1. The number of halogens is 1. The SMILES string of the molecule is Cc1cc2oc(=O)cc(C[NH2+]C[C@@H]3CCCO3)c2cc1Cl. The summed E-state index contributed by atoms with van der Waals surface area (Å²) in [5.41, 5.74) is 2.16. The Kier molecular flexibility index (Phi) is 4.29. The van der Waals surface area contributed by atoms with E-state index in [9.17, 15) is 4.79 Å². The van der Waals surface area contributed by atoms with Gasteiger partial charge in [-0.05, 0) is 37.5 Å². The van der Waals surface area contributed by atoms with Crippen LogP contribution >= 0.6 is 11.6 Å². The van der Waals surface area contributed by atoms with Crippen LogP contribution in [0.3, 0.4) is 0 Å². The third kappa shape index (κ3) is 3.28. The summed E-state index contributed by atoms with van der Waals surface area (Å²) in [7, 11) is 0. The van der Waals surface area contributed by atoms with Crippen LogP contribution in [0.25, 0.3) is 11.0 Å². The Balaban J connectivity index is 1.83. The van der Waals surface area contributed by atoms with Gasteiger partial charge >= 0.3 is 5.63 Å². The number of hydrogen-bond acceptors (Lipinski definition) is 3. The molecule has 1 aliphatic heterocycles. The predicted molar refractivity (Wildman–Crippen MR) is 81.7 cm³/mol. The van der Waals surface area contributed by atoms with Crippen molar-refractivity contribution in [1.82, 2.24) is 0 Å². The standard InChI is InChI=1S/C16H18ClNO3/c1-10-5-15-13(7-14(10)17)11(6-16(19)21-15)8-18-9-12-3-2-4-20-12/h5-7,12,18H,2-4,8-9H2,1H3/p+1/t12-/m0/s1. The highest BCUT2D eigenvalue weighted by molar-refractivity contribution is 6.32. The molecule has 0 bridgehead atoms. The van der Waals surface area contributed by atoms with Crippen molar-refractivity contribution in [3.05, 3.63) is 44.8 Å². The van der Waals surface area contributed by atoms with Gasteiger partial charge in [0.15, 0.2) is 0 Å². The van der Waals surface area contributed by atoms with E-state index in [0.29, 0.717) is 16.7 Å². The smallest absolute Gasteiger partial charge is 0.336 e. The van der Waals surface area contributed by atoms with Gasteiger partial charge in [-0.15, -0.1) is 0 Å². The molecule has 21 heavy (non-hydrogen) atoms. The van der Waals surface area contributed by atoms with Crippen molar-refractivity contribution in [3.8, 4) is 0 Å². The summed E-state index contributed by atoms with van der Waals surface area (Å²) in [5.74, 6) is 0. The van der Waals surface area contributed by atoms with E-state index in [1.165, 1.54) is 0 Å². The first-order valence-corrected chi connectivity index (χ1v) is 7.67. The zero-order valence-corrected chi connectivity index (χ0v) is 12.8. The molecule has 1 saturated heterocycles. The highest BCUT2D eigenvalue weighted by atomic mass is 35.5. The zero-order valence-electron chi connectivity index (χ0n) is 12.0. The van der Waals surface area contributed by atoms with Crippen LogP contribution in [0.1, 0.15) is 24.0 Å². The maximum absolute atomic E-state index is 11.7. The lowest BCUT2D eigenvalue weighted by molar-refractivity contribution is -0.676. The fraction of sp³-hybridized carbons (Fsp3) is 0.438. The number of rotatable bonds is 4. The number of hydrogen-bond donors (Lipinski definition) is 1. The lowest BCUT2D eigenvalue weighted by Crippen LogP contribution is -2.84. The number of fused-ring (bicyclic) bond motifs is 1. The molecule has 2 N–H and O–H groups in total. The van der Waals surface area contributed by atoms with E-state index >= 15 is 0 Å². The van der Waals surface area contributed by atoms with Gasteiger partial charge < -0.3 is 14.5 Å². The summed E-state index contributed by atoms with van der Waals surface area (Å²) in [6.45, 7) is 4.41. The van der Waals surface area contributed by atoms with E-state index in [2.05, 4.69) is 5.32 Å². The molecule has 2 heterocycles. The summed E-state index contributed by atoms with van der Waals surface area (Å²) in [6, 6.07) is 5.26. The van der Waals surface area contributed by atoms with Gasteiger partial charge in [-0.25, -0.2) is 4.79 Å². The van der Waals surface area contributed by atoms with Crippen molar-refractivity contribution in [2.75, 3.05) is 13.2 Å². The molecule has 0 radical (unpaired) electrons. The van der Waals surface area contributed by atoms with E-state index in [1.54, 1.807) is 6.07 Å². The minimum absolute atomic E-state index is 0.315. The van der Waals surface area contributed by atoms with Gasteiger partial charge in [-0.3, -0.25) is 0 Å². The summed E-state index contributed by atoms with van der Waals surface area (Å²) in [4.78, 5) is 11.7. The van der Waals surface area contributed by atoms with Gasteiger partial charge in [-0.1, -0.05) is 11.6 Å². The monoisotopic (exact) mass is 308 g/mol. The van der Waals surface area contributed by atoms with E-state index in [1.807, 2.05) is 19.1 Å². The molecule has 1 aliphatic rings. The highest BCUT2D eigenvalue weighted by Crippen LogP contribution is 2.24. The van der Waals surface area contributed by atoms with Crippen LogP contribution in [-0.2, 0) is 11.3 Å². The molecule has 2 aromatic rings. The molecular weight excluding hydrogens is 290 g/mol. The second-order valence-corrected chi connectivity index (χ2v) is 5.96. The van der Waals surface area contributed by atoms with Crippen LogP contribution in [0.15, 0.2) is 27.4 Å². The molecule has 5 heteroatoms. The average molecular weight is 309 g/mol. The van der Waals surface area contributed by atoms with Crippen LogP contribution in [0, 0.1) is 6.92 Å². The van der Waals surface area contributed by atoms with E-state index < -0.39 is 0 Å². The van der Waals surface area contributed by atoms with Crippen molar-refractivity contribution >= 4 is 22.6 Å². The van der Waals surface area contributed by atoms with Crippen molar-refractivity contribution in [2.24, 2.45) is 0 Å². The van der Waals surface area contributed by atoms with E-state index in [-0.39, 0.29) is 5.63 Å². The molecule has 4 nitrogen and oxygen atoms in total. The molecule has 112 valence electrons. The molecule has 0 spiro atoms. The molecule has 1 fully saturated rings. The minimum atomic E-state index is -0.315. The maximum Gasteiger partial charge on any atom is 0.336 e. The Morgan fingerprint density at radius 1 is 1.38 bits per heavy atom.